The van der Waals surface area contributed by atoms with Gasteiger partial charge in [0.05, 0.1) is 0 Å². The molecule has 2 aromatic heterocycles. The number of amides is 1. The van der Waals surface area contributed by atoms with Crippen molar-refractivity contribution in [2.75, 3.05) is 5.32 Å². The van der Waals surface area contributed by atoms with Gasteiger partial charge in [0.1, 0.15) is 0 Å². The van der Waals surface area contributed by atoms with Crippen LogP contribution >= 0.6 is 0 Å². The van der Waals surface area contributed by atoms with E-state index < -0.39 is 0 Å². The number of aromatic nitrogens is 3. The molecule has 0 spiro atoms. The first kappa shape index (κ1) is 14.6. The molecule has 122 valence electrons. The third-order valence-corrected chi connectivity index (χ3v) is 5.35. The van der Waals surface area contributed by atoms with E-state index in [9.17, 15) is 4.79 Å². The molecule has 6 heteroatoms. The van der Waals surface area contributed by atoms with Crippen molar-refractivity contribution >= 4 is 17.4 Å². The van der Waals surface area contributed by atoms with Crippen molar-refractivity contribution in [2.45, 2.75) is 57.9 Å². The van der Waals surface area contributed by atoms with Gasteiger partial charge in [-0.3, -0.25) is 4.79 Å². The van der Waals surface area contributed by atoms with Crippen LogP contribution in [-0.2, 0) is 4.79 Å². The number of carbonyl (C=O) groups is 1. The van der Waals surface area contributed by atoms with E-state index in [0.29, 0.717) is 24.2 Å². The van der Waals surface area contributed by atoms with Gasteiger partial charge in [-0.25, -0.2) is 9.50 Å². The SMILES string of the molecule is Cc1cc(C)n2nc3c(c2n1)[C@H](C1CCC(N)CC1)CC(=O)N3. The third-order valence-electron chi connectivity index (χ3n) is 5.35. The lowest BCUT2D eigenvalue weighted by Gasteiger charge is -2.34. The number of fused-ring (bicyclic) bond motifs is 3. The van der Waals surface area contributed by atoms with E-state index in [1.54, 1.807) is 0 Å². The lowest BCUT2D eigenvalue weighted by Crippen LogP contribution is -2.32. The van der Waals surface area contributed by atoms with E-state index >= 15 is 0 Å². The summed E-state index contributed by atoms with van der Waals surface area (Å²) in [6.45, 7) is 4.03. The topological polar surface area (TPSA) is 85.3 Å². The number of nitrogens with zero attached hydrogens (tertiary/aromatic N) is 3. The predicted octanol–water partition coefficient (Wildman–Crippen LogP) is 2.29. The Balaban J connectivity index is 1.83. The molecule has 0 saturated heterocycles. The summed E-state index contributed by atoms with van der Waals surface area (Å²) in [5.41, 5.74) is 10.1. The molecule has 3 N–H and O–H groups in total. The van der Waals surface area contributed by atoms with Gasteiger partial charge in [0.2, 0.25) is 5.91 Å². The first-order valence-corrected chi connectivity index (χ1v) is 8.45. The van der Waals surface area contributed by atoms with Crippen molar-refractivity contribution in [3.05, 3.63) is 23.0 Å². The fourth-order valence-electron chi connectivity index (χ4n) is 4.21. The minimum absolute atomic E-state index is 0.0650. The molecule has 23 heavy (non-hydrogen) atoms. The molecule has 3 heterocycles. The van der Waals surface area contributed by atoms with Crippen molar-refractivity contribution in [3.63, 3.8) is 0 Å². The van der Waals surface area contributed by atoms with Crippen LogP contribution in [0.5, 0.6) is 0 Å². The van der Waals surface area contributed by atoms with Gasteiger partial charge >= 0.3 is 0 Å². The number of aryl methyl sites for hydroxylation is 2. The first-order chi connectivity index (χ1) is 11.0. The van der Waals surface area contributed by atoms with Gasteiger partial charge in [-0.15, -0.1) is 5.10 Å². The molecule has 2 aliphatic rings. The zero-order valence-electron chi connectivity index (χ0n) is 13.7. The Bertz CT molecular complexity index is 773. The summed E-state index contributed by atoms with van der Waals surface area (Å²) in [7, 11) is 0. The maximum absolute atomic E-state index is 12.2. The predicted molar refractivity (Wildman–Crippen MR) is 88.4 cm³/mol. The fraction of sp³-hybridized carbons (Fsp3) is 0.588. The van der Waals surface area contributed by atoms with Crippen LogP contribution in [-0.4, -0.2) is 26.5 Å². The normalized spacial score (nSPS) is 27.8. The number of nitrogens with two attached hydrogens (primary N) is 1. The van der Waals surface area contributed by atoms with Crippen LogP contribution in [0.3, 0.4) is 0 Å². The van der Waals surface area contributed by atoms with E-state index in [1.807, 2.05) is 24.4 Å². The summed E-state index contributed by atoms with van der Waals surface area (Å²) in [6.07, 6.45) is 4.79. The summed E-state index contributed by atoms with van der Waals surface area (Å²) in [6, 6.07) is 2.33. The summed E-state index contributed by atoms with van der Waals surface area (Å²) in [4.78, 5) is 16.9. The summed E-state index contributed by atoms with van der Waals surface area (Å²) in [5, 5.41) is 7.54. The Labute approximate surface area is 135 Å². The van der Waals surface area contributed by atoms with Crippen LogP contribution in [0.2, 0.25) is 0 Å². The van der Waals surface area contributed by atoms with Gasteiger partial charge in [-0.2, -0.15) is 0 Å². The molecule has 4 rings (SSSR count). The molecule has 1 atom stereocenters. The molecule has 0 bridgehead atoms. The highest BCUT2D eigenvalue weighted by atomic mass is 16.1. The summed E-state index contributed by atoms with van der Waals surface area (Å²) in [5.74, 6) is 1.46. The smallest absolute Gasteiger partial charge is 0.226 e. The zero-order chi connectivity index (χ0) is 16.1. The van der Waals surface area contributed by atoms with Gasteiger partial charge < -0.3 is 11.1 Å². The molecule has 1 amide bonds. The van der Waals surface area contributed by atoms with E-state index in [4.69, 9.17) is 10.7 Å². The molecule has 0 unspecified atom stereocenters. The van der Waals surface area contributed by atoms with Gasteiger partial charge in [0.25, 0.3) is 0 Å². The standard InChI is InChI=1S/C17H23N5O/c1-9-7-10(2)22-17(19-9)15-13(8-14(23)20-16(15)21-22)11-3-5-12(18)6-4-11/h7,11-13H,3-6,8,18H2,1-2H3,(H,20,21,23)/t11?,12?,13-/m0/s1. The van der Waals surface area contributed by atoms with Crippen molar-refractivity contribution < 1.29 is 4.79 Å². The van der Waals surface area contributed by atoms with Gasteiger partial charge in [-0.05, 0) is 51.5 Å². The number of carbonyl (C=O) groups excluding carboxylic acids is 1. The van der Waals surface area contributed by atoms with Gasteiger partial charge in [0.15, 0.2) is 11.5 Å². The number of anilines is 1. The Hall–Kier alpha value is -1.95. The van der Waals surface area contributed by atoms with Crippen LogP contribution in [0.25, 0.3) is 5.65 Å². The Morgan fingerprint density at radius 2 is 2.00 bits per heavy atom. The van der Waals surface area contributed by atoms with E-state index in [0.717, 1.165) is 48.3 Å². The molecular weight excluding hydrogens is 290 g/mol. The molecule has 1 fully saturated rings. The molecule has 2 aromatic rings. The number of hydrogen-bond acceptors (Lipinski definition) is 4. The number of rotatable bonds is 1. The Morgan fingerprint density at radius 3 is 2.74 bits per heavy atom. The molecule has 1 aliphatic heterocycles. The highest BCUT2D eigenvalue weighted by Crippen LogP contribution is 2.44. The van der Waals surface area contributed by atoms with E-state index in [2.05, 4.69) is 10.4 Å². The average molecular weight is 313 g/mol. The van der Waals surface area contributed by atoms with Crippen molar-refractivity contribution in [3.8, 4) is 0 Å². The maximum Gasteiger partial charge on any atom is 0.226 e. The molecule has 1 aliphatic carbocycles. The zero-order valence-corrected chi connectivity index (χ0v) is 13.7. The molecule has 0 radical (unpaired) electrons. The van der Waals surface area contributed by atoms with Crippen LogP contribution in [0.4, 0.5) is 5.82 Å². The lowest BCUT2D eigenvalue weighted by molar-refractivity contribution is -0.117. The Morgan fingerprint density at radius 1 is 1.26 bits per heavy atom. The highest BCUT2D eigenvalue weighted by molar-refractivity contribution is 5.95. The van der Waals surface area contributed by atoms with Crippen molar-refractivity contribution in [1.29, 1.82) is 0 Å². The van der Waals surface area contributed by atoms with Gasteiger partial charge in [0, 0.05) is 35.3 Å². The second-order valence-electron chi connectivity index (χ2n) is 7.07. The summed E-state index contributed by atoms with van der Waals surface area (Å²) < 4.78 is 1.87. The summed E-state index contributed by atoms with van der Waals surface area (Å²) >= 11 is 0. The van der Waals surface area contributed by atoms with Crippen LogP contribution in [0, 0.1) is 19.8 Å². The minimum Gasteiger partial charge on any atom is -0.328 e. The highest BCUT2D eigenvalue weighted by Gasteiger charge is 2.37. The second-order valence-corrected chi connectivity index (χ2v) is 7.07. The van der Waals surface area contributed by atoms with E-state index in [1.165, 1.54) is 0 Å². The third kappa shape index (κ3) is 2.41. The quantitative estimate of drug-likeness (QED) is 0.846. The lowest BCUT2D eigenvalue weighted by atomic mass is 9.73. The van der Waals surface area contributed by atoms with Crippen molar-refractivity contribution in [1.82, 2.24) is 14.6 Å². The minimum atomic E-state index is 0.0650. The molecule has 1 saturated carbocycles. The van der Waals surface area contributed by atoms with Crippen LogP contribution < -0.4 is 11.1 Å². The monoisotopic (exact) mass is 313 g/mol. The van der Waals surface area contributed by atoms with Gasteiger partial charge in [-0.1, -0.05) is 0 Å². The second kappa shape index (κ2) is 5.30. The van der Waals surface area contributed by atoms with Crippen molar-refractivity contribution in [2.24, 2.45) is 11.7 Å². The maximum atomic E-state index is 12.2. The Kier molecular flexibility index (Phi) is 3.37. The number of hydrogen-bond donors (Lipinski definition) is 2. The number of nitrogens with one attached hydrogen (secondary N) is 1. The van der Waals surface area contributed by atoms with Crippen LogP contribution in [0.1, 0.15) is 55.0 Å². The molecule has 0 aromatic carbocycles. The fourth-order valence-corrected chi connectivity index (χ4v) is 4.21. The largest absolute Gasteiger partial charge is 0.328 e. The average Bonchev–Trinajstić information content (AvgIpc) is 2.86. The molecule has 6 nitrogen and oxygen atoms in total. The van der Waals surface area contributed by atoms with Crippen LogP contribution in [0.15, 0.2) is 6.07 Å². The first-order valence-electron chi connectivity index (χ1n) is 8.45. The molecular formula is C17H23N5O. The van der Waals surface area contributed by atoms with E-state index in [-0.39, 0.29) is 11.8 Å².